The summed E-state index contributed by atoms with van der Waals surface area (Å²) >= 11 is 0. The van der Waals surface area contributed by atoms with Crippen LogP contribution in [0.3, 0.4) is 0 Å². The first-order chi connectivity index (χ1) is 18.8. The summed E-state index contributed by atoms with van der Waals surface area (Å²) in [6.45, 7) is 5.12. The van der Waals surface area contributed by atoms with Crippen LogP contribution in [0.25, 0.3) is 0 Å². The lowest BCUT2D eigenvalue weighted by Gasteiger charge is -2.39. The van der Waals surface area contributed by atoms with E-state index in [0.717, 1.165) is 19.4 Å². The van der Waals surface area contributed by atoms with Crippen molar-refractivity contribution in [3.63, 3.8) is 0 Å². The topological polar surface area (TPSA) is 112 Å². The van der Waals surface area contributed by atoms with Crippen LogP contribution in [0.4, 0.5) is 0 Å². The number of carboxylic acid groups (broad SMARTS) is 3. The molecule has 0 radical (unpaired) electrons. The minimum atomic E-state index is -0.826. The second-order valence-electron chi connectivity index (χ2n) is 11.4. The molecular formula is C32H60NO6+. The highest BCUT2D eigenvalue weighted by Gasteiger charge is 2.27. The summed E-state index contributed by atoms with van der Waals surface area (Å²) in [5.41, 5.74) is 0. The molecule has 0 aliphatic rings. The van der Waals surface area contributed by atoms with Crippen LogP contribution in [-0.4, -0.2) is 63.9 Å². The van der Waals surface area contributed by atoms with Crippen molar-refractivity contribution in [2.45, 2.75) is 148 Å². The van der Waals surface area contributed by atoms with E-state index in [9.17, 15) is 14.4 Å². The van der Waals surface area contributed by atoms with Crippen LogP contribution in [-0.2, 0) is 14.4 Å². The first-order valence-corrected chi connectivity index (χ1v) is 16.0. The third-order valence-electron chi connectivity index (χ3n) is 7.71. The maximum Gasteiger partial charge on any atom is 0.303 e. The summed E-state index contributed by atoms with van der Waals surface area (Å²) in [7, 11) is 0. The van der Waals surface area contributed by atoms with Crippen molar-refractivity contribution in [3.8, 4) is 0 Å². The number of unbranched alkanes of at least 4 members (excludes halogenated alkanes) is 14. The maximum absolute atomic E-state index is 11.1. The SMILES string of the molecule is CCCCCCCCC/C=C/CCCCCCCCC[N+](CCCC(=O)O)(CCCC(=O)O)CCCC(=O)O. The Morgan fingerprint density at radius 2 is 0.769 bits per heavy atom. The van der Waals surface area contributed by atoms with Crippen molar-refractivity contribution in [1.29, 1.82) is 0 Å². The average molecular weight is 555 g/mol. The van der Waals surface area contributed by atoms with E-state index < -0.39 is 17.9 Å². The van der Waals surface area contributed by atoms with E-state index in [2.05, 4.69) is 19.1 Å². The van der Waals surface area contributed by atoms with Crippen LogP contribution >= 0.6 is 0 Å². The number of nitrogens with zero attached hydrogens (tertiary/aromatic N) is 1. The molecule has 0 aromatic heterocycles. The molecule has 0 saturated heterocycles. The van der Waals surface area contributed by atoms with Gasteiger partial charge in [-0.05, 0) is 38.5 Å². The minimum Gasteiger partial charge on any atom is -0.481 e. The van der Waals surface area contributed by atoms with Crippen LogP contribution in [0.1, 0.15) is 148 Å². The zero-order valence-corrected chi connectivity index (χ0v) is 25.1. The van der Waals surface area contributed by atoms with Gasteiger partial charge in [0.05, 0.1) is 45.4 Å². The molecule has 0 unspecified atom stereocenters. The van der Waals surface area contributed by atoms with E-state index in [4.69, 9.17) is 15.3 Å². The van der Waals surface area contributed by atoms with Gasteiger partial charge >= 0.3 is 17.9 Å². The molecule has 228 valence electrons. The zero-order valence-electron chi connectivity index (χ0n) is 25.1. The molecule has 39 heavy (non-hydrogen) atoms. The van der Waals surface area contributed by atoms with Crippen molar-refractivity contribution in [2.75, 3.05) is 26.2 Å². The molecule has 0 aromatic carbocycles. The summed E-state index contributed by atoms with van der Waals surface area (Å²) in [5, 5.41) is 27.2. The second kappa shape index (κ2) is 26.3. The summed E-state index contributed by atoms with van der Waals surface area (Å²) < 4.78 is 0.638. The van der Waals surface area contributed by atoms with E-state index in [0.29, 0.717) is 43.4 Å². The number of hydrogen-bond acceptors (Lipinski definition) is 3. The fraction of sp³-hybridized carbons (Fsp3) is 0.844. The summed E-state index contributed by atoms with van der Waals surface area (Å²) in [5.74, 6) is -2.48. The Bertz CT molecular complexity index is 598. The van der Waals surface area contributed by atoms with E-state index in [1.807, 2.05) is 0 Å². The first kappa shape index (κ1) is 37.1. The van der Waals surface area contributed by atoms with Gasteiger partial charge in [0.2, 0.25) is 0 Å². The number of aliphatic carboxylic acids is 3. The number of carboxylic acids is 3. The van der Waals surface area contributed by atoms with Crippen molar-refractivity contribution in [3.05, 3.63) is 12.2 Å². The number of quaternary nitrogens is 1. The molecule has 0 aromatic rings. The highest BCUT2D eigenvalue weighted by atomic mass is 16.4. The highest BCUT2D eigenvalue weighted by molar-refractivity contribution is 5.67. The summed E-state index contributed by atoms with van der Waals surface area (Å²) in [6, 6.07) is 0. The van der Waals surface area contributed by atoms with Gasteiger partial charge in [0, 0.05) is 19.3 Å². The van der Waals surface area contributed by atoms with Gasteiger partial charge in [0.1, 0.15) is 0 Å². The first-order valence-electron chi connectivity index (χ1n) is 16.0. The lowest BCUT2D eigenvalue weighted by Crippen LogP contribution is -2.51. The summed E-state index contributed by atoms with van der Waals surface area (Å²) in [4.78, 5) is 33.2. The van der Waals surface area contributed by atoms with Crippen molar-refractivity contribution in [2.24, 2.45) is 0 Å². The molecule has 0 rings (SSSR count). The molecule has 7 heteroatoms. The number of hydrogen-bond donors (Lipinski definition) is 3. The third-order valence-corrected chi connectivity index (χ3v) is 7.71. The molecule has 0 aliphatic heterocycles. The van der Waals surface area contributed by atoms with Crippen molar-refractivity contribution < 1.29 is 34.2 Å². The van der Waals surface area contributed by atoms with Crippen LogP contribution in [0.15, 0.2) is 12.2 Å². The Hall–Kier alpha value is -1.89. The van der Waals surface area contributed by atoms with E-state index >= 15 is 0 Å². The average Bonchev–Trinajstić information content (AvgIpc) is 2.87. The minimum absolute atomic E-state index is 0.0895. The lowest BCUT2D eigenvalue weighted by molar-refractivity contribution is -0.929. The second-order valence-corrected chi connectivity index (χ2v) is 11.4. The molecule has 3 N–H and O–H groups in total. The smallest absolute Gasteiger partial charge is 0.303 e. The zero-order chi connectivity index (χ0) is 29.0. The van der Waals surface area contributed by atoms with Crippen LogP contribution in [0.5, 0.6) is 0 Å². The normalized spacial score (nSPS) is 11.8. The monoisotopic (exact) mass is 554 g/mol. The van der Waals surface area contributed by atoms with Gasteiger partial charge in [-0.1, -0.05) is 83.3 Å². The maximum atomic E-state index is 11.1. The molecular weight excluding hydrogens is 494 g/mol. The van der Waals surface area contributed by atoms with Crippen molar-refractivity contribution >= 4 is 17.9 Å². The standard InChI is InChI=1S/C32H59NO6/c1-2-3-4-5-6-7-8-9-10-11-12-13-14-15-16-17-18-19-26-33(27-20-23-30(34)35,28-21-24-31(36)37)29-22-25-32(38)39/h10-11H,2-9,12-29H2,1H3,(H2-,34,35,36,37,38,39)/p+1/b11-10+. The van der Waals surface area contributed by atoms with Gasteiger partial charge in [-0.2, -0.15) is 0 Å². The van der Waals surface area contributed by atoms with Gasteiger partial charge in [0.25, 0.3) is 0 Å². The fourth-order valence-electron chi connectivity index (χ4n) is 5.42. The fourth-order valence-corrected chi connectivity index (χ4v) is 5.42. The van der Waals surface area contributed by atoms with E-state index in [-0.39, 0.29) is 19.3 Å². The number of rotatable bonds is 30. The van der Waals surface area contributed by atoms with Crippen LogP contribution in [0, 0.1) is 0 Å². The highest BCUT2D eigenvalue weighted by Crippen LogP contribution is 2.18. The predicted molar refractivity (Wildman–Crippen MR) is 159 cm³/mol. The van der Waals surface area contributed by atoms with E-state index in [1.54, 1.807) is 0 Å². The Kier molecular flexibility index (Phi) is 25.1. The molecule has 0 amide bonds. The molecule has 0 bridgehead atoms. The quantitative estimate of drug-likeness (QED) is 0.0468. The third kappa shape index (κ3) is 26.1. The van der Waals surface area contributed by atoms with Crippen molar-refractivity contribution in [1.82, 2.24) is 0 Å². The molecule has 7 nitrogen and oxygen atoms in total. The largest absolute Gasteiger partial charge is 0.481 e. The number of carbonyl (C=O) groups is 3. The Morgan fingerprint density at radius 1 is 0.462 bits per heavy atom. The molecule has 0 fully saturated rings. The van der Waals surface area contributed by atoms with Crippen LogP contribution in [0.2, 0.25) is 0 Å². The van der Waals surface area contributed by atoms with E-state index in [1.165, 1.54) is 89.9 Å². The predicted octanol–water partition coefficient (Wildman–Crippen LogP) is 8.22. The molecule has 0 heterocycles. The molecule has 0 atom stereocenters. The van der Waals surface area contributed by atoms with Gasteiger partial charge in [-0.25, -0.2) is 0 Å². The Morgan fingerprint density at radius 3 is 1.13 bits per heavy atom. The van der Waals surface area contributed by atoms with Crippen LogP contribution < -0.4 is 0 Å². The summed E-state index contributed by atoms with van der Waals surface area (Å²) in [6.07, 6.45) is 26.8. The molecule has 0 aliphatic carbocycles. The van der Waals surface area contributed by atoms with Gasteiger partial charge in [-0.15, -0.1) is 0 Å². The molecule has 0 saturated carbocycles. The number of allylic oxidation sites excluding steroid dienone is 2. The van der Waals surface area contributed by atoms with Gasteiger partial charge in [0.15, 0.2) is 0 Å². The Balaban J connectivity index is 4.20. The Labute approximate surface area is 238 Å². The molecule has 0 spiro atoms. The van der Waals surface area contributed by atoms with Gasteiger partial charge in [-0.3, -0.25) is 14.4 Å². The van der Waals surface area contributed by atoms with Gasteiger partial charge < -0.3 is 19.8 Å². The lowest BCUT2D eigenvalue weighted by atomic mass is 10.1.